The Hall–Kier alpha value is -2.01. The van der Waals surface area contributed by atoms with E-state index in [4.69, 9.17) is 16.0 Å². The highest BCUT2D eigenvalue weighted by molar-refractivity contribution is 6.31. The Labute approximate surface area is 116 Å². The fraction of sp³-hybridized carbons (Fsp3) is 0.0714. The molecule has 0 aliphatic heterocycles. The molecule has 0 fully saturated rings. The van der Waals surface area contributed by atoms with Crippen molar-refractivity contribution in [1.29, 1.82) is 0 Å². The van der Waals surface area contributed by atoms with E-state index in [1.54, 1.807) is 12.1 Å². The van der Waals surface area contributed by atoms with Gasteiger partial charge in [0.1, 0.15) is 11.8 Å². The van der Waals surface area contributed by atoms with Crippen molar-refractivity contribution in [3.05, 3.63) is 53.4 Å². The Morgan fingerprint density at radius 2 is 1.95 bits per heavy atom. The highest BCUT2D eigenvalue weighted by atomic mass is 35.5. The molecule has 3 aromatic rings. The largest absolute Gasteiger partial charge is 0.462 e. The van der Waals surface area contributed by atoms with Gasteiger partial charge < -0.3 is 4.42 Å². The SMILES string of the molecule is FC(F)(F)c1cccc(-c2coc3cc(Cl)cnc23)c1. The minimum absolute atomic E-state index is 0.397. The molecule has 0 saturated heterocycles. The van der Waals surface area contributed by atoms with Gasteiger partial charge in [0.25, 0.3) is 0 Å². The van der Waals surface area contributed by atoms with Crippen LogP contribution in [0, 0.1) is 0 Å². The van der Waals surface area contributed by atoms with E-state index in [1.165, 1.54) is 18.5 Å². The molecule has 0 radical (unpaired) electrons. The number of nitrogens with zero attached hydrogens (tertiary/aromatic N) is 1. The predicted molar refractivity (Wildman–Crippen MR) is 69.5 cm³/mol. The second-order valence-electron chi connectivity index (χ2n) is 4.23. The van der Waals surface area contributed by atoms with Crippen LogP contribution < -0.4 is 0 Å². The van der Waals surface area contributed by atoms with E-state index >= 15 is 0 Å². The zero-order valence-electron chi connectivity index (χ0n) is 9.91. The van der Waals surface area contributed by atoms with Gasteiger partial charge in [-0.05, 0) is 17.7 Å². The molecule has 0 spiro atoms. The van der Waals surface area contributed by atoms with Gasteiger partial charge >= 0.3 is 6.18 Å². The maximum Gasteiger partial charge on any atom is 0.416 e. The third-order valence-electron chi connectivity index (χ3n) is 2.88. The first-order valence-corrected chi connectivity index (χ1v) is 6.03. The van der Waals surface area contributed by atoms with Crippen molar-refractivity contribution >= 4 is 22.7 Å². The number of fused-ring (bicyclic) bond motifs is 1. The van der Waals surface area contributed by atoms with E-state index in [9.17, 15) is 13.2 Å². The summed E-state index contributed by atoms with van der Waals surface area (Å²) in [7, 11) is 0. The van der Waals surface area contributed by atoms with Crippen molar-refractivity contribution < 1.29 is 17.6 Å². The first-order chi connectivity index (χ1) is 9.45. The summed E-state index contributed by atoms with van der Waals surface area (Å²) in [6, 6.07) is 6.60. The molecular weight excluding hydrogens is 291 g/mol. The van der Waals surface area contributed by atoms with Gasteiger partial charge in [-0.2, -0.15) is 13.2 Å². The van der Waals surface area contributed by atoms with Crippen LogP contribution >= 0.6 is 11.6 Å². The van der Waals surface area contributed by atoms with Crippen molar-refractivity contribution in [3.63, 3.8) is 0 Å². The molecule has 0 atom stereocenters. The Balaban J connectivity index is 2.16. The van der Waals surface area contributed by atoms with Crippen LogP contribution in [0.15, 0.2) is 47.2 Å². The number of pyridine rings is 1. The molecule has 1 aromatic carbocycles. The number of benzene rings is 1. The lowest BCUT2D eigenvalue weighted by Crippen LogP contribution is -2.04. The molecule has 2 heterocycles. The molecular formula is C14H7ClF3NO. The van der Waals surface area contributed by atoms with Gasteiger partial charge in [0.05, 0.1) is 10.6 Å². The van der Waals surface area contributed by atoms with Gasteiger partial charge in [-0.25, -0.2) is 0 Å². The first kappa shape index (κ1) is 13.0. The van der Waals surface area contributed by atoms with Crippen LogP contribution in [0.2, 0.25) is 5.02 Å². The summed E-state index contributed by atoms with van der Waals surface area (Å²) >= 11 is 5.79. The monoisotopic (exact) mass is 297 g/mol. The van der Waals surface area contributed by atoms with Crippen molar-refractivity contribution in [2.45, 2.75) is 6.18 Å². The predicted octanol–water partition coefficient (Wildman–Crippen LogP) is 5.17. The van der Waals surface area contributed by atoms with Crippen molar-refractivity contribution in [2.75, 3.05) is 0 Å². The summed E-state index contributed by atoms with van der Waals surface area (Å²) < 4.78 is 43.4. The van der Waals surface area contributed by atoms with Crippen molar-refractivity contribution in [3.8, 4) is 11.1 Å². The number of rotatable bonds is 1. The lowest BCUT2D eigenvalue weighted by Gasteiger charge is -2.07. The third-order valence-corrected chi connectivity index (χ3v) is 3.09. The smallest absolute Gasteiger partial charge is 0.416 e. The number of hydrogen-bond acceptors (Lipinski definition) is 2. The molecule has 0 aliphatic carbocycles. The fourth-order valence-corrected chi connectivity index (χ4v) is 2.11. The third kappa shape index (κ3) is 2.25. The summed E-state index contributed by atoms with van der Waals surface area (Å²) in [5.41, 5.74) is 1.10. The Bertz CT molecular complexity index is 779. The maximum atomic E-state index is 12.7. The standard InChI is InChI=1S/C14H7ClF3NO/c15-10-5-12-13(19-6-10)11(7-20-12)8-2-1-3-9(4-8)14(16,17)18/h1-7H. The lowest BCUT2D eigenvalue weighted by molar-refractivity contribution is -0.137. The van der Waals surface area contributed by atoms with E-state index in [0.29, 0.717) is 27.2 Å². The molecule has 6 heteroatoms. The Kier molecular flexibility index (Phi) is 2.94. The summed E-state index contributed by atoms with van der Waals surface area (Å²) in [4.78, 5) is 4.10. The maximum absolute atomic E-state index is 12.7. The molecule has 3 rings (SSSR count). The van der Waals surface area contributed by atoms with Crippen LogP contribution in [0.5, 0.6) is 0 Å². The average Bonchev–Trinajstić information content (AvgIpc) is 2.80. The molecule has 0 saturated carbocycles. The van der Waals surface area contributed by atoms with Gasteiger partial charge in [-0.3, -0.25) is 4.98 Å². The van der Waals surface area contributed by atoms with E-state index in [0.717, 1.165) is 12.1 Å². The number of aromatic nitrogens is 1. The molecule has 0 bridgehead atoms. The quantitative estimate of drug-likeness (QED) is 0.619. The zero-order valence-corrected chi connectivity index (χ0v) is 10.7. The summed E-state index contributed by atoms with van der Waals surface area (Å²) in [6.07, 6.45) is -1.58. The van der Waals surface area contributed by atoms with Crippen molar-refractivity contribution in [2.24, 2.45) is 0 Å². The molecule has 2 nitrogen and oxygen atoms in total. The molecule has 0 aliphatic rings. The van der Waals surface area contributed by atoms with Crippen LogP contribution in [0.25, 0.3) is 22.2 Å². The van der Waals surface area contributed by atoms with Crippen LogP contribution in [-0.2, 0) is 6.18 Å². The van der Waals surface area contributed by atoms with Gasteiger partial charge in [0.15, 0.2) is 5.58 Å². The minimum Gasteiger partial charge on any atom is -0.462 e. The van der Waals surface area contributed by atoms with Crippen LogP contribution in [-0.4, -0.2) is 4.98 Å². The van der Waals surface area contributed by atoms with Crippen LogP contribution in [0.4, 0.5) is 13.2 Å². The normalized spacial score (nSPS) is 12.0. The van der Waals surface area contributed by atoms with Gasteiger partial charge in [0.2, 0.25) is 0 Å². The minimum atomic E-state index is -4.38. The Morgan fingerprint density at radius 3 is 2.70 bits per heavy atom. The van der Waals surface area contributed by atoms with Gasteiger partial charge in [-0.15, -0.1) is 0 Å². The first-order valence-electron chi connectivity index (χ1n) is 5.65. The molecule has 2 aromatic heterocycles. The summed E-state index contributed by atoms with van der Waals surface area (Å²) in [6.45, 7) is 0. The van der Waals surface area contributed by atoms with Crippen molar-refractivity contribution in [1.82, 2.24) is 4.98 Å². The highest BCUT2D eigenvalue weighted by Crippen LogP contribution is 2.35. The zero-order chi connectivity index (χ0) is 14.3. The molecule has 0 amide bonds. The molecule has 102 valence electrons. The summed E-state index contributed by atoms with van der Waals surface area (Å²) in [5.74, 6) is 0. The number of hydrogen-bond donors (Lipinski definition) is 0. The number of alkyl halides is 3. The molecule has 0 unspecified atom stereocenters. The van der Waals surface area contributed by atoms with Gasteiger partial charge in [0, 0.05) is 17.8 Å². The fourth-order valence-electron chi connectivity index (χ4n) is 1.96. The number of halogens is 4. The molecule has 0 N–H and O–H groups in total. The van der Waals surface area contributed by atoms with E-state index in [-0.39, 0.29) is 0 Å². The van der Waals surface area contributed by atoms with Crippen LogP contribution in [0.1, 0.15) is 5.56 Å². The van der Waals surface area contributed by atoms with E-state index in [1.807, 2.05) is 0 Å². The molecule has 20 heavy (non-hydrogen) atoms. The Morgan fingerprint density at radius 1 is 1.15 bits per heavy atom. The summed E-state index contributed by atoms with van der Waals surface area (Å²) in [5, 5.41) is 0.405. The van der Waals surface area contributed by atoms with Crippen LogP contribution in [0.3, 0.4) is 0 Å². The number of furan rings is 1. The second-order valence-corrected chi connectivity index (χ2v) is 4.66. The van der Waals surface area contributed by atoms with E-state index < -0.39 is 11.7 Å². The topological polar surface area (TPSA) is 26.0 Å². The van der Waals surface area contributed by atoms with Gasteiger partial charge in [-0.1, -0.05) is 23.7 Å². The highest BCUT2D eigenvalue weighted by Gasteiger charge is 2.30. The van der Waals surface area contributed by atoms with E-state index in [2.05, 4.69) is 4.98 Å². The second kappa shape index (κ2) is 4.52. The lowest BCUT2D eigenvalue weighted by atomic mass is 10.0. The average molecular weight is 298 g/mol.